The van der Waals surface area contributed by atoms with E-state index in [0.717, 1.165) is 12.8 Å². The zero-order valence-corrected chi connectivity index (χ0v) is 16.6. The molecule has 1 saturated carbocycles. The lowest BCUT2D eigenvalue weighted by Crippen LogP contribution is -2.47. The maximum Gasteiger partial charge on any atom is 0.326 e. The zero-order valence-electron chi connectivity index (χ0n) is 16.6. The number of aromatic nitrogens is 2. The Morgan fingerprint density at radius 1 is 1.29 bits per heavy atom. The van der Waals surface area contributed by atoms with Crippen LogP contribution < -0.4 is 10.9 Å². The van der Waals surface area contributed by atoms with Gasteiger partial charge in [0.05, 0.1) is 17.2 Å². The summed E-state index contributed by atoms with van der Waals surface area (Å²) < 4.78 is 6.44. The summed E-state index contributed by atoms with van der Waals surface area (Å²) >= 11 is 0. The normalized spacial score (nSPS) is 23.2. The standard InChI is InChI=1S/C21H27N3O4/c1-13-7-6-10-17(14(13)2)23-20(26)15(3)28-19(25)11-24-12-22-18-9-5-4-8-16(18)21(24)27/h4-5,8-9,12-15,17H,6-7,10-11H2,1-3H3,(H,23,26)/t13-,14-,15-,17+/m1/s1. The number of hydrogen-bond acceptors (Lipinski definition) is 5. The molecule has 1 amide bonds. The van der Waals surface area contributed by atoms with Crippen molar-refractivity contribution in [1.82, 2.24) is 14.9 Å². The Bertz CT molecular complexity index is 923. The summed E-state index contributed by atoms with van der Waals surface area (Å²) in [7, 11) is 0. The SMILES string of the molecule is C[C@@H]1[C@H](C)CCC[C@@H]1NC(=O)[C@@H](C)OC(=O)Cn1cnc2ccccc2c1=O. The van der Waals surface area contributed by atoms with Gasteiger partial charge in [-0.15, -0.1) is 0 Å². The fourth-order valence-electron chi connectivity index (χ4n) is 3.73. The van der Waals surface area contributed by atoms with Crippen molar-refractivity contribution in [3.05, 3.63) is 40.9 Å². The predicted octanol–water partition coefficient (Wildman–Crippen LogP) is 2.27. The zero-order chi connectivity index (χ0) is 20.3. The number of rotatable bonds is 5. The van der Waals surface area contributed by atoms with Gasteiger partial charge in [0.15, 0.2) is 6.10 Å². The quantitative estimate of drug-likeness (QED) is 0.798. The summed E-state index contributed by atoms with van der Waals surface area (Å²) in [5, 5.41) is 3.44. The molecular weight excluding hydrogens is 358 g/mol. The van der Waals surface area contributed by atoms with E-state index < -0.39 is 12.1 Å². The summed E-state index contributed by atoms with van der Waals surface area (Å²) in [5.41, 5.74) is 0.255. The Morgan fingerprint density at radius 3 is 2.82 bits per heavy atom. The molecule has 1 aliphatic carbocycles. The number of benzene rings is 1. The molecule has 3 rings (SSSR count). The first-order chi connectivity index (χ1) is 13.4. The second kappa shape index (κ2) is 8.54. The van der Waals surface area contributed by atoms with Gasteiger partial charge in [0.2, 0.25) is 0 Å². The Labute approximate surface area is 164 Å². The van der Waals surface area contributed by atoms with E-state index in [0.29, 0.717) is 22.7 Å². The average molecular weight is 385 g/mol. The van der Waals surface area contributed by atoms with Crippen LogP contribution in [-0.4, -0.2) is 33.6 Å². The molecule has 0 saturated heterocycles. The van der Waals surface area contributed by atoms with Crippen LogP contribution in [-0.2, 0) is 20.9 Å². The molecule has 2 aromatic rings. The minimum atomic E-state index is -0.916. The van der Waals surface area contributed by atoms with E-state index >= 15 is 0 Å². The Kier molecular flexibility index (Phi) is 6.11. The molecule has 0 spiro atoms. The van der Waals surface area contributed by atoms with Crippen LogP contribution in [0.3, 0.4) is 0 Å². The van der Waals surface area contributed by atoms with Gasteiger partial charge >= 0.3 is 5.97 Å². The van der Waals surface area contributed by atoms with E-state index in [-0.39, 0.29) is 24.1 Å². The van der Waals surface area contributed by atoms with Crippen LogP contribution in [0, 0.1) is 11.8 Å². The van der Waals surface area contributed by atoms with Gasteiger partial charge in [-0.25, -0.2) is 4.98 Å². The number of carbonyl (C=O) groups excluding carboxylic acids is 2. The molecule has 0 bridgehead atoms. The van der Waals surface area contributed by atoms with Gasteiger partial charge in [0, 0.05) is 6.04 Å². The fourth-order valence-corrected chi connectivity index (χ4v) is 3.73. The number of fused-ring (bicyclic) bond motifs is 1. The van der Waals surface area contributed by atoms with Gasteiger partial charge in [0.1, 0.15) is 6.54 Å². The molecule has 1 aromatic heterocycles. The number of hydrogen-bond donors (Lipinski definition) is 1. The highest BCUT2D eigenvalue weighted by Crippen LogP contribution is 2.29. The summed E-state index contributed by atoms with van der Waals surface area (Å²) in [6, 6.07) is 7.04. The van der Waals surface area contributed by atoms with Gasteiger partial charge in [0.25, 0.3) is 11.5 Å². The number of nitrogens with zero attached hydrogens (tertiary/aromatic N) is 2. The number of esters is 1. The van der Waals surface area contributed by atoms with Crippen molar-refractivity contribution in [3.8, 4) is 0 Å². The molecule has 1 heterocycles. The van der Waals surface area contributed by atoms with E-state index in [4.69, 9.17) is 4.74 Å². The minimum Gasteiger partial charge on any atom is -0.451 e. The van der Waals surface area contributed by atoms with E-state index in [1.807, 2.05) is 0 Å². The third-order valence-corrected chi connectivity index (χ3v) is 5.74. The van der Waals surface area contributed by atoms with Crippen LogP contribution >= 0.6 is 0 Å². The molecule has 1 aliphatic rings. The monoisotopic (exact) mass is 385 g/mol. The number of amides is 1. The largest absolute Gasteiger partial charge is 0.451 e. The second-order valence-corrected chi connectivity index (χ2v) is 7.71. The van der Waals surface area contributed by atoms with Gasteiger partial charge in [-0.3, -0.25) is 19.0 Å². The molecule has 150 valence electrons. The van der Waals surface area contributed by atoms with Crippen molar-refractivity contribution in [2.45, 2.75) is 58.7 Å². The highest BCUT2D eigenvalue weighted by Gasteiger charge is 2.30. The number of ether oxygens (including phenoxy) is 1. The lowest BCUT2D eigenvalue weighted by Gasteiger charge is -2.35. The molecule has 0 aliphatic heterocycles. The molecule has 0 unspecified atom stereocenters. The molecule has 0 radical (unpaired) electrons. The van der Waals surface area contributed by atoms with Crippen molar-refractivity contribution in [2.24, 2.45) is 11.8 Å². The Hall–Kier alpha value is -2.70. The van der Waals surface area contributed by atoms with Crippen LogP contribution in [0.2, 0.25) is 0 Å². The van der Waals surface area contributed by atoms with Crippen LogP contribution in [0.4, 0.5) is 0 Å². The van der Waals surface area contributed by atoms with Gasteiger partial charge < -0.3 is 10.1 Å². The average Bonchev–Trinajstić information content (AvgIpc) is 2.67. The Balaban J connectivity index is 1.59. The highest BCUT2D eigenvalue weighted by molar-refractivity contribution is 5.83. The molecule has 4 atom stereocenters. The first-order valence-corrected chi connectivity index (χ1v) is 9.81. The molecular formula is C21H27N3O4. The summed E-state index contributed by atoms with van der Waals surface area (Å²) in [6.07, 6.45) is 3.61. The molecule has 1 aromatic carbocycles. The van der Waals surface area contributed by atoms with Crippen molar-refractivity contribution in [1.29, 1.82) is 0 Å². The maximum absolute atomic E-state index is 12.4. The van der Waals surface area contributed by atoms with Crippen LogP contribution in [0.25, 0.3) is 10.9 Å². The molecule has 1 fully saturated rings. The molecule has 7 heteroatoms. The van der Waals surface area contributed by atoms with Gasteiger partial charge in [-0.2, -0.15) is 0 Å². The summed E-state index contributed by atoms with van der Waals surface area (Å²) in [6.45, 7) is 5.60. The fraction of sp³-hybridized carbons (Fsp3) is 0.524. The number of nitrogens with one attached hydrogen (secondary N) is 1. The van der Waals surface area contributed by atoms with Crippen LogP contribution in [0.1, 0.15) is 40.0 Å². The van der Waals surface area contributed by atoms with Crippen molar-refractivity contribution in [3.63, 3.8) is 0 Å². The van der Waals surface area contributed by atoms with E-state index in [1.165, 1.54) is 17.3 Å². The maximum atomic E-state index is 12.4. The van der Waals surface area contributed by atoms with Crippen molar-refractivity contribution >= 4 is 22.8 Å². The van der Waals surface area contributed by atoms with E-state index in [2.05, 4.69) is 24.1 Å². The number of carbonyl (C=O) groups is 2. The van der Waals surface area contributed by atoms with E-state index in [9.17, 15) is 14.4 Å². The smallest absolute Gasteiger partial charge is 0.326 e. The van der Waals surface area contributed by atoms with Crippen molar-refractivity contribution < 1.29 is 14.3 Å². The predicted molar refractivity (Wildman–Crippen MR) is 106 cm³/mol. The third-order valence-electron chi connectivity index (χ3n) is 5.74. The van der Waals surface area contributed by atoms with Gasteiger partial charge in [-0.1, -0.05) is 38.8 Å². The van der Waals surface area contributed by atoms with Crippen molar-refractivity contribution in [2.75, 3.05) is 0 Å². The highest BCUT2D eigenvalue weighted by atomic mass is 16.5. The molecule has 7 nitrogen and oxygen atoms in total. The van der Waals surface area contributed by atoms with Gasteiger partial charge in [-0.05, 0) is 37.3 Å². The third kappa shape index (κ3) is 4.40. The van der Waals surface area contributed by atoms with E-state index in [1.54, 1.807) is 31.2 Å². The lowest BCUT2D eigenvalue weighted by atomic mass is 9.78. The second-order valence-electron chi connectivity index (χ2n) is 7.71. The Morgan fingerprint density at radius 2 is 2.04 bits per heavy atom. The summed E-state index contributed by atoms with van der Waals surface area (Å²) in [5.74, 6) is 0.00205. The first kappa shape index (κ1) is 20.0. The van der Waals surface area contributed by atoms with Crippen LogP contribution in [0.15, 0.2) is 35.4 Å². The first-order valence-electron chi connectivity index (χ1n) is 9.81. The molecule has 1 N–H and O–H groups in total. The molecule has 28 heavy (non-hydrogen) atoms. The minimum absolute atomic E-state index is 0.102. The topological polar surface area (TPSA) is 90.3 Å². The number of para-hydroxylation sites is 1. The lowest BCUT2D eigenvalue weighted by molar-refractivity contribution is -0.155. The van der Waals surface area contributed by atoms with Crippen LogP contribution in [0.5, 0.6) is 0 Å². The summed E-state index contributed by atoms with van der Waals surface area (Å²) in [4.78, 5) is 41.3.